The smallest absolute Gasteiger partial charge is 0.00927 e. The second-order valence-electron chi connectivity index (χ2n) is 4.70. The van der Waals surface area contributed by atoms with Crippen molar-refractivity contribution in [1.82, 2.24) is 4.90 Å². The third-order valence-corrected chi connectivity index (χ3v) is 3.37. The highest BCUT2D eigenvalue weighted by atomic mass is 15.2. The van der Waals surface area contributed by atoms with Crippen LogP contribution in [0.4, 0.5) is 0 Å². The maximum absolute atomic E-state index is 5.53. The van der Waals surface area contributed by atoms with Gasteiger partial charge in [-0.25, -0.2) is 0 Å². The van der Waals surface area contributed by atoms with Crippen LogP contribution in [-0.2, 0) is 0 Å². The molecule has 3 atom stereocenters. The Hall–Kier alpha value is -0.0800. The van der Waals surface area contributed by atoms with Gasteiger partial charge in [-0.05, 0) is 44.7 Å². The van der Waals surface area contributed by atoms with Gasteiger partial charge >= 0.3 is 0 Å². The fourth-order valence-corrected chi connectivity index (χ4v) is 2.42. The first kappa shape index (κ1) is 11.0. The van der Waals surface area contributed by atoms with E-state index in [0.717, 1.165) is 30.8 Å². The first-order chi connectivity index (χ1) is 6.15. The molecule has 0 amide bonds. The minimum absolute atomic E-state index is 0.753. The van der Waals surface area contributed by atoms with E-state index in [4.69, 9.17) is 5.73 Å². The van der Waals surface area contributed by atoms with Gasteiger partial charge in [0, 0.05) is 12.6 Å². The average Bonchev–Trinajstić information content (AvgIpc) is 2.09. The van der Waals surface area contributed by atoms with Gasteiger partial charge in [0.1, 0.15) is 0 Å². The zero-order valence-corrected chi connectivity index (χ0v) is 9.29. The molecule has 0 aliphatic carbocycles. The van der Waals surface area contributed by atoms with Gasteiger partial charge in [0.15, 0.2) is 0 Å². The molecule has 0 bridgehead atoms. The molecule has 1 aliphatic rings. The quantitative estimate of drug-likeness (QED) is 0.723. The number of nitrogens with zero attached hydrogens (tertiary/aromatic N) is 1. The molecule has 0 spiro atoms. The fraction of sp³-hybridized carbons (Fsp3) is 1.00. The van der Waals surface area contributed by atoms with Gasteiger partial charge in [0.25, 0.3) is 0 Å². The first-order valence-electron chi connectivity index (χ1n) is 5.59. The standard InChI is InChI=1S/C11H24N2/c1-9-7-10(2)11(3)13(8-9)6-4-5-12/h9-11H,4-8,12H2,1-3H3. The van der Waals surface area contributed by atoms with Crippen molar-refractivity contribution >= 4 is 0 Å². The van der Waals surface area contributed by atoms with Crippen LogP contribution in [-0.4, -0.2) is 30.6 Å². The number of piperidine rings is 1. The van der Waals surface area contributed by atoms with Gasteiger partial charge in [-0.2, -0.15) is 0 Å². The summed E-state index contributed by atoms with van der Waals surface area (Å²) in [4.78, 5) is 2.60. The Morgan fingerprint density at radius 1 is 1.31 bits per heavy atom. The maximum atomic E-state index is 5.53. The second kappa shape index (κ2) is 4.97. The molecule has 78 valence electrons. The molecule has 2 N–H and O–H groups in total. The Morgan fingerprint density at radius 3 is 2.62 bits per heavy atom. The van der Waals surface area contributed by atoms with E-state index in [1.165, 1.54) is 19.5 Å². The van der Waals surface area contributed by atoms with Crippen molar-refractivity contribution in [1.29, 1.82) is 0 Å². The number of hydrogen-bond acceptors (Lipinski definition) is 2. The Bertz CT molecular complexity index is 147. The minimum atomic E-state index is 0.753. The SMILES string of the molecule is CC1CC(C)C(C)N(CCCN)C1. The number of nitrogens with two attached hydrogens (primary N) is 1. The summed E-state index contributed by atoms with van der Waals surface area (Å²) in [5.41, 5.74) is 5.53. The van der Waals surface area contributed by atoms with Crippen molar-refractivity contribution in [3.63, 3.8) is 0 Å². The monoisotopic (exact) mass is 184 g/mol. The Morgan fingerprint density at radius 2 is 2.00 bits per heavy atom. The highest BCUT2D eigenvalue weighted by molar-refractivity contribution is 4.81. The van der Waals surface area contributed by atoms with Crippen LogP contribution in [0.15, 0.2) is 0 Å². The van der Waals surface area contributed by atoms with Crippen molar-refractivity contribution in [3.05, 3.63) is 0 Å². The highest BCUT2D eigenvalue weighted by Gasteiger charge is 2.27. The molecular formula is C11H24N2. The summed E-state index contributed by atoms with van der Waals surface area (Å²) in [5, 5.41) is 0. The van der Waals surface area contributed by atoms with Crippen LogP contribution in [0.5, 0.6) is 0 Å². The van der Waals surface area contributed by atoms with Gasteiger partial charge in [0.05, 0.1) is 0 Å². The van der Waals surface area contributed by atoms with Crippen molar-refractivity contribution in [2.45, 2.75) is 39.7 Å². The van der Waals surface area contributed by atoms with E-state index in [0.29, 0.717) is 0 Å². The van der Waals surface area contributed by atoms with Crippen LogP contribution in [0, 0.1) is 11.8 Å². The molecule has 0 aromatic rings. The fourth-order valence-electron chi connectivity index (χ4n) is 2.42. The van der Waals surface area contributed by atoms with E-state index in [9.17, 15) is 0 Å². The van der Waals surface area contributed by atoms with Gasteiger partial charge in [-0.3, -0.25) is 0 Å². The largest absolute Gasteiger partial charge is 0.330 e. The molecule has 0 aromatic carbocycles. The van der Waals surface area contributed by atoms with Crippen molar-refractivity contribution in [3.8, 4) is 0 Å². The lowest BCUT2D eigenvalue weighted by Gasteiger charge is -2.41. The summed E-state index contributed by atoms with van der Waals surface area (Å²) in [7, 11) is 0. The molecular weight excluding hydrogens is 160 g/mol. The second-order valence-corrected chi connectivity index (χ2v) is 4.70. The summed E-state index contributed by atoms with van der Waals surface area (Å²) in [6.45, 7) is 10.4. The molecule has 0 saturated carbocycles. The molecule has 3 unspecified atom stereocenters. The number of rotatable bonds is 3. The summed E-state index contributed by atoms with van der Waals surface area (Å²) < 4.78 is 0. The normalized spacial score (nSPS) is 36.5. The topological polar surface area (TPSA) is 29.3 Å². The van der Waals surface area contributed by atoms with E-state index in [2.05, 4.69) is 25.7 Å². The summed E-state index contributed by atoms with van der Waals surface area (Å²) in [6.07, 6.45) is 2.53. The Labute approximate surface area is 82.5 Å². The predicted octanol–water partition coefficient (Wildman–Crippen LogP) is 1.70. The van der Waals surface area contributed by atoms with Crippen molar-refractivity contribution in [2.24, 2.45) is 17.6 Å². The van der Waals surface area contributed by atoms with Gasteiger partial charge < -0.3 is 10.6 Å². The van der Waals surface area contributed by atoms with Crippen molar-refractivity contribution in [2.75, 3.05) is 19.6 Å². The molecule has 2 nitrogen and oxygen atoms in total. The van der Waals surface area contributed by atoms with Crippen LogP contribution in [0.3, 0.4) is 0 Å². The van der Waals surface area contributed by atoms with E-state index in [1.807, 2.05) is 0 Å². The molecule has 13 heavy (non-hydrogen) atoms. The van der Waals surface area contributed by atoms with Crippen molar-refractivity contribution < 1.29 is 0 Å². The third-order valence-electron chi connectivity index (χ3n) is 3.37. The lowest BCUT2D eigenvalue weighted by molar-refractivity contribution is 0.0794. The minimum Gasteiger partial charge on any atom is -0.330 e. The number of hydrogen-bond donors (Lipinski definition) is 1. The van der Waals surface area contributed by atoms with E-state index < -0.39 is 0 Å². The van der Waals surface area contributed by atoms with E-state index in [1.54, 1.807) is 0 Å². The van der Waals surface area contributed by atoms with E-state index in [-0.39, 0.29) is 0 Å². The first-order valence-corrected chi connectivity index (χ1v) is 5.59. The predicted molar refractivity (Wildman–Crippen MR) is 57.7 cm³/mol. The zero-order chi connectivity index (χ0) is 9.84. The van der Waals surface area contributed by atoms with Crippen LogP contribution in [0.25, 0.3) is 0 Å². The molecule has 0 radical (unpaired) electrons. The maximum Gasteiger partial charge on any atom is 0.00927 e. The lowest BCUT2D eigenvalue weighted by Crippen LogP contribution is -2.46. The molecule has 2 heteroatoms. The molecule has 1 heterocycles. The van der Waals surface area contributed by atoms with Gasteiger partial charge in [-0.1, -0.05) is 13.8 Å². The van der Waals surface area contributed by atoms with E-state index >= 15 is 0 Å². The molecule has 1 saturated heterocycles. The zero-order valence-electron chi connectivity index (χ0n) is 9.29. The van der Waals surface area contributed by atoms with Gasteiger partial charge in [-0.15, -0.1) is 0 Å². The third kappa shape index (κ3) is 2.96. The molecule has 0 aromatic heterocycles. The highest BCUT2D eigenvalue weighted by Crippen LogP contribution is 2.26. The summed E-state index contributed by atoms with van der Waals surface area (Å²) in [5.74, 6) is 1.71. The van der Waals surface area contributed by atoms with Gasteiger partial charge in [0.2, 0.25) is 0 Å². The van der Waals surface area contributed by atoms with Crippen LogP contribution < -0.4 is 5.73 Å². The molecule has 1 fully saturated rings. The number of likely N-dealkylation sites (tertiary alicyclic amines) is 1. The molecule has 1 aliphatic heterocycles. The Kier molecular flexibility index (Phi) is 4.20. The summed E-state index contributed by atoms with van der Waals surface area (Å²) >= 11 is 0. The summed E-state index contributed by atoms with van der Waals surface area (Å²) in [6, 6.07) is 0.753. The van der Waals surface area contributed by atoms with Crippen LogP contribution in [0.2, 0.25) is 0 Å². The Balaban J connectivity index is 2.41. The van der Waals surface area contributed by atoms with Crippen LogP contribution in [0.1, 0.15) is 33.6 Å². The molecule has 1 rings (SSSR count). The average molecular weight is 184 g/mol. The van der Waals surface area contributed by atoms with Crippen LogP contribution >= 0.6 is 0 Å². The lowest BCUT2D eigenvalue weighted by atomic mass is 9.86.